The van der Waals surface area contributed by atoms with E-state index in [1.54, 1.807) is 11.8 Å². The van der Waals surface area contributed by atoms with Crippen molar-refractivity contribution in [3.05, 3.63) is 46.8 Å². The zero-order valence-electron chi connectivity index (χ0n) is 12.5. The highest BCUT2D eigenvalue weighted by Crippen LogP contribution is 2.28. The highest BCUT2D eigenvalue weighted by molar-refractivity contribution is 7.99. The van der Waals surface area contributed by atoms with Crippen LogP contribution in [0.25, 0.3) is 0 Å². The number of aryl methyl sites for hydroxylation is 3. The van der Waals surface area contributed by atoms with Gasteiger partial charge in [-0.2, -0.15) is 0 Å². The third-order valence-electron chi connectivity index (χ3n) is 2.98. The second kappa shape index (κ2) is 6.86. The van der Waals surface area contributed by atoms with Gasteiger partial charge in [0.05, 0.1) is 0 Å². The lowest BCUT2D eigenvalue weighted by Crippen LogP contribution is -2.11. The van der Waals surface area contributed by atoms with Crippen LogP contribution in [-0.4, -0.2) is 16.5 Å². The molecule has 2 aromatic rings. The van der Waals surface area contributed by atoms with E-state index in [1.165, 1.54) is 16.0 Å². The first-order chi connectivity index (χ1) is 9.58. The molecule has 0 aliphatic rings. The molecule has 4 heteroatoms. The Labute approximate surface area is 125 Å². The lowest BCUT2D eigenvalue weighted by atomic mass is 10.1. The molecular formula is C16H21N3S. The summed E-state index contributed by atoms with van der Waals surface area (Å²) in [6.45, 7) is 10.2. The van der Waals surface area contributed by atoms with Crippen LogP contribution in [0.3, 0.4) is 0 Å². The SMILES string of the molecule is CCNCc1ccc(Sc2nc(C)cc(C)n2)c(C)c1. The highest BCUT2D eigenvalue weighted by atomic mass is 32.2. The molecule has 1 aromatic heterocycles. The van der Waals surface area contributed by atoms with Gasteiger partial charge in [-0.1, -0.05) is 19.1 Å². The van der Waals surface area contributed by atoms with Crippen LogP contribution in [0.15, 0.2) is 34.3 Å². The van der Waals surface area contributed by atoms with Gasteiger partial charge in [0, 0.05) is 22.8 Å². The molecule has 1 aromatic carbocycles. The van der Waals surface area contributed by atoms with Gasteiger partial charge in [0.25, 0.3) is 0 Å². The van der Waals surface area contributed by atoms with E-state index >= 15 is 0 Å². The quantitative estimate of drug-likeness (QED) is 0.852. The fourth-order valence-electron chi connectivity index (χ4n) is 2.04. The average Bonchev–Trinajstić information content (AvgIpc) is 2.38. The van der Waals surface area contributed by atoms with Gasteiger partial charge < -0.3 is 5.32 Å². The van der Waals surface area contributed by atoms with Crippen LogP contribution >= 0.6 is 11.8 Å². The van der Waals surface area contributed by atoms with Crippen molar-refractivity contribution in [3.8, 4) is 0 Å². The normalized spacial score (nSPS) is 10.8. The van der Waals surface area contributed by atoms with Gasteiger partial charge in [-0.25, -0.2) is 9.97 Å². The first-order valence-electron chi connectivity index (χ1n) is 6.89. The highest BCUT2D eigenvalue weighted by Gasteiger charge is 2.06. The zero-order valence-corrected chi connectivity index (χ0v) is 13.3. The predicted molar refractivity (Wildman–Crippen MR) is 84.2 cm³/mol. The molecule has 0 saturated carbocycles. The molecular weight excluding hydrogens is 266 g/mol. The molecule has 0 radical (unpaired) electrons. The summed E-state index contributed by atoms with van der Waals surface area (Å²) >= 11 is 1.63. The van der Waals surface area contributed by atoms with Crippen LogP contribution in [0.1, 0.15) is 29.4 Å². The van der Waals surface area contributed by atoms with Gasteiger partial charge in [-0.15, -0.1) is 0 Å². The second-order valence-electron chi connectivity index (χ2n) is 4.92. The van der Waals surface area contributed by atoms with Crippen LogP contribution in [-0.2, 0) is 6.54 Å². The smallest absolute Gasteiger partial charge is 0.192 e. The first kappa shape index (κ1) is 15.0. The largest absolute Gasteiger partial charge is 0.313 e. The fraction of sp³-hybridized carbons (Fsp3) is 0.375. The Morgan fingerprint density at radius 3 is 2.35 bits per heavy atom. The number of nitrogens with one attached hydrogen (secondary N) is 1. The monoisotopic (exact) mass is 287 g/mol. The van der Waals surface area contributed by atoms with Crippen molar-refractivity contribution >= 4 is 11.8 Å². The summed E-state index contributed by atoms with van der Waals surface area (Å²) in [5.41, 5.74) is 4.62. The molecule has 0 fully saturated rings. The minimum atomic E-state index is 0.824. The number of nitrogens with zero attached hydrogens (tertiary/aromatic N) is 2. The Morgan fingerprint density at radius 2 is 1.75 bits per heavy atom. The summed E-state index contributed by atoms with van der Waals surface area (Å²) in [6.07, 6.45) is 0. The van der Waals surface area contributed by atoms with Crippen LogP contribution in [0, 0.1) is 20.8 Å². The summed E-state index contributed by atoms with van der Waals surface area (Å²) in [7, 11) is 0. The maximum atomic E-state index is 4.48. The minimum Gasteiger partial charge on any atom is -0.313 e. The van der Waals surface area contributed by atoms with Crippen molar-refractivity contribution < 1.29 is 0 Å². The van der Waals surface area contributed by atoms with Crippen LogP contribution < -0.4 is 5.32 Å². The van der Waals surface area contributed by atoms with Crippen molar-refractivity contribution in [1.29, 1.82) is 0 Å². The summed E-state index contributed by atoms with van der Waals surface area (Å²) in [6, 6.07) is 8.55. The van der Waals surface area contributed by atoms with E-state index in [1.807, 2.05) is 19.9 Å². The summed E-state index contributed by atoms with van der Waals surface area (Å²) in [5, 5.41) is 4.17. The number of rotatable bonds is 5. The van der Waals surface area contributed by atoms with Crippen molar-refractivity contribution in [2.45, 2.75) is 44.3 Å². The van der Waals surface area contributed by atoms with E-state index in [9.17, 15) is 0 Å². The molecule has 0 amide bonds. The maximum Gasteiger partial charge on any atom is 0.192 e. The summed E-state index contributed by atoms with van der Waals surface area (Å²) < 4.78 is 0. The third kappa shape index (κ3) is 4.05. The number of aromatic nitrogens is 2. The summed E-state index contributed by atoms with van der Waals surface area (Å²) in [5.74, 6) is 0. The summed E-state index contributed by atoms with van der Waals surface area (Å²) in [4.78, 5) is 10.2. The molecule has 1 N–H and O–H groups in total. The van der Waals surface area contributed by atoms with Gasteiger partial charge in [-0.05, 0) is 62.3 Å². The Morgan fingerprint density at radius 1 is 1.05 bits per heavy atom. The number of hydrogen-bond donors (Lipinski definition) is 1. The van der Waals surface area contributed by atoms with Gasteiger partial charge in [0.1, 0.15) is 0 Å². The molecule has 0 atom stereocenters. The van der Waals surface area contributed by atoms with Gasteiger partial charge in [0.2, 0.25) is 0 Å². The molecule has 3 nitrogen and oxygen atoms in total. The van der Waals surface area contributed by atoms with Crippen LogP contribution in [0.4, 0.5) is 0 Å². The van der Waals surface area contributed by atoms with Crippen molar-refractivity contribution in [1.82, 2.24) is 15.3 Å². The topological polar surface area (TPSA) is 37.8 Å². The van der Waals surface area contributed by atoms with Crippen molar-refractivity contribution in [3.63, 3.8) is 0 Å². The van der Waals surface area contributed by atoms with Crippen molar-refractivity contribution in [2.75, 3.05) is 6.54 Å². The molecule has 0 spiro atoms. The Balaban J connectivity index is 2.16. The molecule has 20 heavy (non-hydrogen) atoms. The lowest BCUT2D eigenvalue weighted by Gasteiger charge is -2.08. The first-order valence-corrected chi connectivity index (χ1v) is 7.70. The van der Waals surface area contributed by atoms with E-state index in [0.29, 0.717) is 0 Å². The zero-order chi connectivity index (χ0) is 14.5. The average molecular weight is 287 g/mol. The second-order valence-corrected chi connectivity index (χ2v) is 5.92. The molecule has 0 bridgehead atoms. The van der Waals surface area contributed by atoms with E-state index < -0.39 is 0 Å². The third-order valence-corrected chi connectivity index (χ3v) is 4.02. The Kier molecular flexibility index (Phi) is 5.15. The predicted octanol–water partition coefficient (Wildman–Crippen LogP) is 3.66. The fourth-order valence-corrected chi connectivity index (χ4v) is 2.97. The molecule has 0 aliphatic heterocycles. The van der Waals surface area contributed by atoms with Crippen LogP contribution in [0.5, 0.6) is 0 Å². The standard InChI is InChI=1S/C16H21N3S/c1-5-17-10-14-6-7-15(11(2)8-14)20-16-18-12(3)9-13(4)19-16/h6-9,17H,5,10H2,1-4H3. The number of hydrogen-bond acceptors (Lipinski definition) is 4. The van der Waals surface area contributed by atoms with E-state index in [0.717, 1.165) is 29.6 Å². The van der Waals surface area contributed by atoms with Gasteiger partial charge >= 0.3 is 0 Å². The molecule has 106 valence electrons. The molecule has 0 unspecified atom stereocenters. The lowest BCUT2D eigenvalue weighted by molar-refractivity contribution is 0.725. The Bertz CT molecular complexity index is 576. The molecule has 1 heterocycles. The Hall–Kier alpha value is -1.39. The van der Waals surface area contributed by atoms with E-state index in [2.05, 4.69) is 47.3 Å². The maximum absolute atomic E-state index is 4.48. The van der Waals surface area contributed by atoms with Gasteiger partial charge in [-0.3, -0.25) is 0 Å². The number of benzene rings is 1. The van der Waals surface area contributed by atoms with Gasteiger partial charge in [0.15, 0.2) is 5.16 Å². The minimum absolute atomic E-state index is 0.824. The van der Waals surface area contributed by atoms with Crippen molar-refractivity contribution in [2.24, 2.45) is 0 Å². The molecule has 0 aliphatic carbocycles. The molecule has 0 saturated heterocycles. The van der Waals surface area contributed by atoms with E-state index in [4.69, 9.17) is 0 Å². The van der Waals surface area contributed by atoms with E-state index in [-0.39, 0.29) is 0 Å². The molecule has 2 rings (SSSR count). The van der Waals surface area contributed by atoms with Crippen LogP contribution in [0.2, 0.25) is 0 Å².